The lowest BCUT2D eigenvalue weighted by molar-refractivity contribution is 0.370. The van der Waals surface area contributed by atoms with Gasteiger partial charge in [-0.05, 0) is 12.8 Å². The van der Waals surface area contributed by atoms with Crippen LogP contribution < -0.4 is 0 Å². The topological polar surface area (TPSA) is 57.5 Å². The molecule has 0 unspecified atom stereocenters. The van der Waals surface area contributed by atoms with Gasteiger partial charge in [0.2, 0.25) is 0 Å². The van der Waals surface area contributed by atoms with Crippen molar-refractivity contribution in [3.63, 3.8) is 0 Å². The molecule has 110 valence electrons. The summed E-state index contributed by atoms with van der Waals surface area (Å²) in [5.41, 5.74) is 0. The average molecular weight is 343 g/mol. The number of rotatable bonds is 13. The van der Waals surface area contributed by atoms with Gasteiger partial charge in [0.25, 0.3) is 0 Å². The molecule has 0 spiro atoms. The Morgan fingerprint density at radius 2 is 1.00 bits per heavy atom. The second-order valence-corrected chi connectivity index (χ2v) is 7.54. The maximum absolute atomic E-state index is 10.6. The second kappa shape index (κ2) is 12.7. The van der Waals surface area contributed by atoms with Gasteiger partial charge in [0.1, 0.15) is 0 Å². The van der Waals surface area contributed by atoms with Crippen LogP contribution in [0.15, 0.2) is 0 Å². The van der Waals surface area contributed by atoms with Crippen LogP contribution in [0.4, 0.5) is 0 Å². The molecule has 2 N–H and O–H groups in total. The average Bonchev–Trinajstić information content (AvgIpc) is 2.29. The molecule has 0 aliphatic carbocycles. The molecule has 18 heavy (non-hydrogen) atoms. The quantitative estimate of drug-likeness (QED) is 0.285. The molecule has 0 bridgehead atoms. The van der Waals surface area contributed by atoms with E-state index in [-0.39, 0.29) is 6.16 Å². The van der Waals surface area contributed by atoms with E-state index in [1.165, 1.54) is 51.4 Å². The Balaban J connectivity index is 3.01. The molecule has 0 saturated heterocycles. The zero-order valence-electron chi connectivity index (χ0n) is 11.3. The van der Waals surface area contributed by atoms with Crippen molar-refractivity contribution in [3.8, 4) is 0 Å². The lowest BCUT2D eigenvalue weighted by Crippen LogP contribution is -1.88. The lowest BCUT2D eigenvalue weighted by Gasteiger charge is -2.04. The largest absolute Gasteiger partial charge is 0.325 e. The number of hydrogen-bond donors (Lipinski definition) is 2. The fourth-order valence-electron chi connectivity index (χ4n) is 2.00. The van der Waals surface area contributed by atoms with E-state index in [1.807, 2.05) is 0 Å². The highest BCUT2D eigenvalue weighted by atomic mass is 79.9. The van der Waals surface area contributed by atoms with E-state index in [1.54, 1.807) is 0 Å². The molecular weight excluding hydrogens is 315 g/mol. The maximum Gasteiger partial charge on any atom is 0.325 e. The summed E-state index contributed by atoms with van der Waals surface area (Å²) >= 11 is 3.44. The van der Waals surface area contributed by atoms with Crippen LogP contribution in [-0.2, 0) is 4.57 Å². The summed E-state index contributed by atoms with van der Waals surface area (Å²) in [6.07, 6.45) is 13.3. The third kappa shape index (κ3) is 16.6. The summed E-state index contributed by atoms with van der Waals surface area (Å²) in [5, 5.41) is 1.13. The van der Waals surface area contributed by atoms with Crippen molar-refractivity contribution in [1.82, 2.24) is 0 Å². The molecule has 0 aliphatic heterocycles. The standard InChI is InChI=1S/C13H28BrO3P/c14-12-10-8-6-4-2-1-3-5-7-9-11-13-18(15,16)17/h1-13H2,(H2,15,16,17). The van der Waals surface area contributed by atoms with E-state index in [0.717, 1.165) is 18.2 Å². The number of alkyl halides is 1. The summed E-state index contributed by atoms with van der Waals surface area (Å²) in [6.45, 7) is 0. The molecule has 0 aromatic rings. The molecule has 3 nitrogen and oxygen atoms in total. The summed E-state index contributed by atoms with van der Waals surface area (Å²) in [6, 6.07) is 0. The highest BCUT2D eigenvalue weighted by molar-refractivity contribution is 9.09. The van der Waals surface area contributed by atoms with Crippen LogP contribution in [-0.4, -0.2) is 21.3 Å². The minimum Gasteiger partial charge on any atom is -0.324 e. The highest BCUT2D eigenvalue weighted by Crippen LogP contribution is 2.35. The minimum absolute atomic E-state index is 0.0561. The van der Waals surface area contributed by atoms with Gasteiger partial charge in [-0.25, -0.2) is 0 Å². The molecule has 0 fully saturated rings. The summed E-state index contributed by atoms with van der Waals surface area (Å²) in [5.74, 6) is 0. The summed E-state index contributed by atoms with van der Waals surface area (Å²) < 4.78 is 10.6. The van der Waals surface area contributed by atoms with E-state index >= 15 is 0 Å². The Kier molecular flexibility index (Phi) is 13.1. The van der Waals surface area contributed by atoms with Gasteiger partial charge >= 0.3 is 7.60 Å². The van der Waals surface area contributed by atoms with Gasteiger partial charge in [-0.2, -0.15) is 0 Å². The van der Waals surface area contributed by atoms with E-state index < -0.39 is 7.60 Å². The maximum atomic E-state index is 10.6. The molecule has 0 rings (SSSR count). The Morgan fingerprint density at radius 3 is 1.33 bits per heavy atom. The predicted octanol–water partition coefficient (Wildman–Crippen LogP) is 4.85. The molecule has 0 aliphatic rings. The molecule has 5 heteroatoms. The van der Waals surface area contributed by atoms with E-state index in [0.29, 0.717) is 6.42 Å². The predicted molar refractivity (Wildman–Crippen MR) is 81.5 cm³/mol. The molecular formula is C13H28BrO3P. The molecule has 0 aromatic heterocycles. The third-order valence-electron chi connectivity index (χ3n) is 3.08. The van der Waals surface area contributed by atoms with Gasteiger partial charge < -0.3 is 9.79 Å². The Labute approximate surface area is 120 Å². The van der Waals surface area contributed by atoms with Crippen LogP contribution >= 0.6 is 23.5 Å². The van der Waals surface area contributed by atoms with Crippen LogP contribution in [0.3, 0.4) is 0 Å². The fraction of sp³-hybridized carbons (Fsp3) is 1.00. The molecule has 0 radical (unpaired) electrons. The van der Waals surface area contributed by atoms with Crippen LogP contribution in [0, 0.1) is 0 Å². The molecule has 0 amide bonds. The Morgan fingerprint density at radius 1 is 0.667 bits per heavy atom. The van der Waals surface area contributed by atoms with Gasteiger partial charge in [-0.3, -0.25) is 4.57 Å². The first kappa shape index (κ1) is 18.6. The van der Waals surface area contributed by atoms with Gasteiger partial charge in [0, 0.05) is 11.5 Å². The van der Waals surface area contributed by atoms with Gasteiger partial charge in [-0.1, -0.05) is 73.7 Å². The van der Waals surface area contributed by atoms with Crippen molar-refractivity contribution in [2.45, 2.75) is 70.6 Å². The van der Waals surface area contributed by atoms with Crippen molar-refractivity contribution in [2.75, 3.05) is 11.5 Å². The van der Waals surface area contributed by atoms with Crippen molar-refractivity contribution >= 4 is 23.5 Å². The van der Waals surface area contributed by atoms with Crippen molar-refractivity contribution in [3.05, 3.63) is 0 Å². The number of unbranched alkanes of at least 4 members (excludes halogenated alkanes) is 10. The monoisotopic (exact) mass is 342 g/mol. The fourth-order valence-corrected chi connectivity index (χ4v) is 3.04. The van der Waals surface area contributed by atoms with E-state index in [9.17, 15) is 4.57 Å². The molecule has 0 heterocycles. The van der Waals surface area contributed by atoms with Crippen LogP contribution in [0.5, 0.6) is 0 Å². The first-order chi connectivity index (χ1) is 8.56. The number of hydrogen-bond acceptors (Lipinski definition) is 1. The third-order valence-corrected chi connectivity index (χ3v) is 4.54. The second-order valence-electron chi connectivity index (χ2n) is 4.97. The Bertz CT molecular complexity index is 218. The molecule has 0 saturated carbocycles. The smallest absolute Gasteiger partial charge is 0.324 e. The zero-order valence-corrected chi connectivity index (χ0v) is 13.8. The minimum atomic E-state index is -3.75. The Hall–Kier alpha value is 0.630. The van der Waals surface area contributed by atoms with E-state index in [2.05, 4.69) is 15.9 Å². The van der Waals surface area contributed by atoms with Crippen LogP contribution in [0.25, 0.3) is 0 Å². The highest BCUT2D eigenvalue weighted by Gasteiger charge is 2.10. The SMILES string of the molecule is O=P(O)(O)CCCCCCCCCCCCCBr. The molecule has 0 aromatic carbocycles. The van der Waals surface area contributed by atoms with Gasteiger partial charge in [-0.15, -0.1) is 0 Å². The number of halogens is 1. The summed E-state index contributed by atoms with van der Waals surface area (Å²) in [7, 11) is -3.75. The van der Waals surface area contributed by atoms with Crippen LogP contribution in [0.2, 0.25) is 0 Å². The van der Waals surface area contributed by atoms with E-state index in [4.69, 9.17) is 9.79 Å². The first-order valence-electron chi connectivity index (χ1n) is 7.17. The van der Waals surface area contributed by atoms with Crippen molar-refractivity contribution in [2.24, 2.45) is 0 Å². The summed E-state index contributed by atoms with van der Waals surface area (Å²) in [4.78, 5) is 17.4. The van der Waals surface area contributed by atoms with Crippen molar-refractivity contribution < 1.29 is 14.4 Å². The lowest BCUT2D eigenvalue weighted by atomic mass is 10.1. The molecule has 0 atom stereocenters. The first-order valence-corrected chi connectivity index (χ1v) is 10.1. The zero-order chi connectivity index (χ0) is 13.7. The van der Waals surface area contributed by atoms with Crippen molar-refractivity contribution in [1.29, 1.82) is 0 Å². The van der Waals surface area contributed by atoms with Gasteiger partial charge in [0.15, 0.2) is 0 Å². The van der Waals surface area contributed by atoms with Gasteiger partial charge in [0.05, 0.1) is 0 Å². The van der Waals surface area contributed by atoms with Crippen LogP contribution in [0.1, 0.15) is 70.6 Å². The normalized spacial score (nSPS) is 11.9.